The van der Waals surface area contributed by atoms with Crippen LogP contribution in [0.5, 0.6) is 0 Å². The third-order valence-corrected chi connectivity index (χ3v) is 2.86. The van der Waals surface area contributed by atoms with E-state index in [1.54, 1.807) is 4.57 Å². The van der Waals surface area contributed by atoms with Gasteiger partial charge < -0.3 is 4.74 Å². The summed E-state index contributed by atoms with van der Waals surface area (Å²) >= 11 is 5.55. The van der Waals surface area contributed by atoms with E-state index in [0.717, 1.165) is 16.7 Å². The van der Waals surface area contributed by atoms with Crippen molar-refractivity contribution in [3.05, 3.63) is 10.5 Å². The first kappa shape index (κ1) is 12.7. The second-order valence-electron chi connectivity index (χ2n) is 2.74. The minimum Gasteiger partial charge on any atom is -0.380 e. The molecule has 5 nitrogen and oxygen atoms in total. The number of hydrogen-bond acceptors (Lipinski definition) is 5. The number of rotatable bonds is 7. The van der Waals surface area contributed by atoms with E-state index < -0.39 is 0 Å². The van der Waals surface area contributed by atoms with Crippen LogP contribution in [0, 0.1) is 0 Å². The van der Waals surface area contributed by atoms with Gasteiger partial charge in [0.1, 0.15) is 0 Å². The first-order valence-corrected chi connectivity index (χ1v) is 6.38. The average molecular weight is 249 g/mol. The van der Waals surface area contributed by atoms with Crippen molar-refractivity contribution >= 4 is 24.4 Å². The van der Waals surface area contributed by atoms with Gasteiger partial charge in [0.25, 0.3) is 0 Å². The smallest absolute Gasteiger partial charge is 0.343 e. The third kappa shape index (κ3) is 3.92. The maximum atomic E-state index is 11.2. The van der Waals surface area contributed by atoms with Crippen molar-refractivity contribution in [3.63, 3.8) is 0 Å². The first-order valence-electron chi connectivity index (χ1n) is 4.76. The number of ether oxygens (including phenoxy) is 1. The minimum absolute atomic E-state index is 0.156. The molecule has 0 fully saturated rings. The summed E-state index contributed by atoms with van der Waals surface area (Å²) in [6, 6.07) is 0. The van der Waals surface area contributed by atoms with E-state index >= 15 is 0 Å². The highest BCUT2D eigenvalue weighted by molar-refractivity contribution is 7.99. The molecule has 1 heterocycles. The summed E-state index contributed by atoms with van der Waals surface area (Å²) in [5.74, 6) is 1.52. The monoisotopic (exact) mass is 249 g/mol. The number of H-pyrrole nitrogens is 1. The molecular formula is C8H15N3O2S2. The van der Waals surface area contributed by atoms with Crippen molar-refractivity contribution in [2.24, 2.45) is 0 Å². The van der Waals surface area contributed by atoms with Gasteiger partial charge in [0, 0.05) is 18.1 Å². The Morgan fingerprint density at radius 1 is 1.60 bits per heavy atom. The molecule has 0 aliphatic carbocycles. The molecule has 1 aromatic rings. The molecular weight excluding hydrogens is 234 g/mol. The summed E-state index contributed by atoms with van der Waals surface area (Å²) in [6.45, 7) is 3.86. The van der Waals surface area contributed by atoms with Gasteiger partial charge >= 0.3 is 5.69 Å². The van der Waals surface area contributed by atoms with Gasteiger partial charge in [-0.25, -0.2) is 9.89 Å². The zero-order valence-corrected chi connectivity index (χ0v) is 10.3. The number of hydrogen-bond donors (Lipinski definition) is 2. The predicted octanol–water partition coefficient (Wildman–Crippen LogP) is 0.630. The molecule has 0 saturated carbocycles. The van der Waals surface area contributed by atoms with Crippen LogP contribution in [0.4, 0.5) is 0 Å². The Morgan fingerprint density at radius 2 is 2.40 bits per heavy atom. The van der Waals surface area contributed by atoms with Crippen molar-refractivity contribution in [1.29, 1.82) is 0 Å². The van der Waals surface area contributed by atoms with Gasteiger partial charge in [-0.05, 0) is 6.92 Å². The zero-order chi connectivity index (χ0) is 11.1. The second-order valence-corrected chi connectivity index (χ2v) is 4.25. The number of nitrogens with one attached hydrogen (secondary N) is 1. The molecule has 7 heteroatoms. The van der Waals surface area contributed by atoms with Crippen LogP contribution >= 0.6 is 24.4 Å². The Kier molecular flexibility index (Phi) is 5.89. The van der Waals surface area contributed by atoms with Crippen LogP contribution in [0.3, 0.4) is 0 Å². The minimum atomic E-state index is -0.156. The van der Waals surface area contributed by atoms with Gasteiger partial charge in [-0.3, -0.25) is 4.57 Å². The van der Waals surface area contributed by atoms with Gasteiger partial charge in [-0.1, -0.05) is 11.8 Å². The molecule has 0 aliphatic heterocycles. The molecule has 0 radical (unpaired) electrons. The molecule has 0 aliphatic rings. The number of aromatic amines is 1. The molecule has 0 unspecified atom stereocenters. The highest BCUT2D eigenvalue weighted by atomic mass is 32.2. The Labute approximate surface area is 98.0 Å². The molecule has 1 N–H and O–H groups in total. The Bertz CT molecular complexity index is 337. The van der Waals surface area contributed by atoms with E-state index in [1.807, 2.05) is 6.92 Å². The number of thiol groups is 1. The third-order valence-electron chi connectivity index (χ3n) is 1.73. The van der Waals surface area contributed by atoms with Gasteiger partial charge in [0.15, 0.2) is 5.16 Å². The second kappa shape index (κ2) is 6.97. The maximum Gasteiger partial charge on any atom is 0.343 e. The lowest BCUT2D eigenvalue weighted by atomic mass is 10.7. The number of thioether (sulfide) groups is 1. The fourth-order valence-corrected chi connectivity index (χ4v) is 2.04. The average Bonchev–Trinajstić information content (AvgIpc) is 2.59. The summed E-state index contributed by atoms with van der Waals surface area (Å²) in [6.07, 6.45) is 0. The van der Waals surface area contributed by atoms with Crippen LogP contribution in [-0.2, 0) is 11.3 Å². The topological polar surface area (TPSA) is 59.9 Å². The van der Waals surface area contributed by atoms with Crippen LogP contribution in [0.15, 0.2) is 9.95 Å². The zero-order valence-electron chi connectivity index (χ0n) is 8.60. The van der Waals surface area contributed by atoms with E-state index in [9.17, 15) is 4.79 Å². The molecule has 0 spiro atoms. The summed E-state index contributed by atoms with van der Waals surface area (Å²) in [4.78, 5) is 11.2. The lowest BCUT2D eigenvalue weighted by molar-refractivity contribution is 0.167. The van der Waals surface area contributed by atoms with Crippen molar-refractivity contribution < 1.29 is 4.74 Å². The molecule has 86 valence electrons. The van der Waals surface area contributed by atoms with Crippen LogP contribution in [0.25, 0.3) is 0 Å². The molecule has 1 rings (SSSR count). The van der Waals surface area contributed by atoms with Gasteiger partial charge in [-0.2, -0.15) is 12.6 Å². The molecule has 0 saturated heterocycles. The van der Waals surface area contributed by atoms with E-state index in [4.69, 9.17) is 4.74 Å². The lowest BCUT2D eigenvalue weighted by Crippen LogP contribution is -2.16. The van der Waals surface area contributed by atoms with Gasteiger partial charge in [0.05, 0.1) is 13.2 Å². The fourth-order valence-electron chi connectivity index (χ4n) is 1.05. The van der Waals surface area contributed by atoms with Crippen molar-refractivity contribution in [2.45, 2.75) is 18.6 Å². The summed E-state index contributed by atoms with van der Waals surface area (Å²) in [7, 11) is 0. The predicted molar refractivity (Wildman–Crippen MR) is 63.9 cm³/mol. The van der Waals surface area contributed by atoms with Crippen molar-refractivity contribution in [1.82, 2.24) is 14.8 Å². The number of nitrogens with zero attached hydrogens (tertiary/aromatic N) is 2. The Morgan fingerprint density at radius 3 is 3.07 bits per heavy atom. The molecule has 0 bridgehead atoms. The SMILES string of the molecule is CCn1c(SCCOCCS)n[nH]c1=O. The first-order chi connectivity index (χ1) is 7.29. The van der Waals surface area contributed by atoms with Crippen molar-refractivity contribution in [2.75, 3.05) is 24.7 Å². The largest absolute Gasteiger partial charge is 0.380 e. The molecule has 0 amide bonds. The highest BCUT2D eigenvalue weighted by Crippen LogP contribution is 2.12. The van der Waals surface area contributed by atoms with Gasteiger partial charge in [-0.15, -0.1) is 5.10 Å². The van der Waals surface area contributed by atoms with E-state index in [0.29, 0.717) is 19.8 Å². The summed E-state index contributed by atoms with van der Waals surface area (Å²) in [5, 5.41) is 7.07. The Balaban J connectivity index is 2.34. The molecule has 15 heavy (non-hydrogen) atoms. The highest BCUT2D eigenvalue weighted by Gasteiger charge is 2.05. The fraction of sp³-hybridized carbons (Fsp3) is 0.750. The van der Waals surface area contributed by atoms with Crippen LogP contribution in [0.2, 0.25) is 0 Å². The van der Waals surface area contributed by atoms with E-state index in [2.05, 4.69) is 22.8 Å². The normalized spacial score (nSPS) is 10.8. The molecule has 0 aromatic carbocycles. The molecule has 1 aromatic heterocycles. The Hall–Kier alpha value is -0.400. The number of aromatic nitrogens is 3. The molecule has 0 atom stereocenters. The van der Waals surface area contributed by atoms with E-state index in [-0.39, 0.29) is 5.69 Å². The van der Waals surface area contributed by atoms with Crippen LogP contribution < -0.4 is 5.69 Å². The standard InChI is InChI=1S/C8H15N3O2S2/c1-2-11-7(12)9-10-8(11)15-6-4-13-3-5-14/h14H,2-6H2,1H3,(H,9,12). The summed E-state index contributed by atoms with van der Waals surface area (Å²) in [5.41, 5.74) is -0.156. The maximum absolute atomic E-state index is 11.2. The van der Waals surface area contributed by atoms with Crippen LogP contribution in [0.1, 0.15) is 6.92 Å². The van der Waals surface area contributed by atoms with Crippen LogP contribution in [-0.4, -0.2) is 39.5 Å². The van der Waals surface area contributed by atoms with E-state index in [1.165, 1.54) is 11.8 Å². The lowest BCUT2D eigenvalue weighted by Gasteiger charge is -2.02. The van der Waals surface area contributed by atoms with Crippen molar-refractivity contribution in [3.8, 4) is 0 Å². The van der Waals surface area contributed by atoms with Gasteiger partial charge in [0.2, 0.25) is 0 Å². The quantitative estimate of drug-likeness (QED) is 0.423. The summed E-state index contributed by atoms with van der Waals surface area (Å²) < 4.78 is 6.86.